The fraction of sp³-hybridized carbons (Fsp3) is 0.533. The maximum absolute atomic E-state index is 11.9. The van der Waals surface area contributed by atoms with Crippen LogP contribution in [0.1, 0.15) is 42.6 Å². The van der Waals surface area contributed by atoms with Crippen molar-refractivity contribution in [3.63, 3.8) is 0 Å². The second kappa shape index (κ2) is 8.94. The number of nitrogens with one attached hydrogen (secondary N) is 1. The highest BCUT2D eigenvalue weighted by atomic mass is 35.5. The summed E-state index contributed by atoms with van der Waals surface area (Å²) in [6, 6.07) is 7.38. The lowest BCUT2D eigenvalue weighted by molar-refractivity contribution is 0.0754. The maximum atomic E-state index is 11.9. The first-order valence-electron chi connectivity index (χ1n) is 6.68. The molecule has 0 aliphatic carbocycles. The molecule has 0 heterocycles. The Kier molecular flexibility index (Phi) is 7.53. The summed E-state index contributed by atoms with van der Waals surface area (Å²) in [5.41, 5.74) is 1.62. The highest BCUT2D eigenvalue weighted by molar-refractivity contribution is 6.17. The van der Waals surface area contributed by atoms with Crippen molar-refractivity contribution in [1.29, 1.82) is 0 Å². The van der Waals surface area contributed by atoms with Gasteiger partial charge in [-0.1, -0.05) is 12.1 Å². The van der Waals surface area contributed by atoms with Crippen LogP contribution in [0.5, 0.6) is 0 Å². The first-order chi connectivity index (χ1) is 9.13. The number of carbonyl (C=O) groups is 1. The first kappa shape index (κ1) is 16.0. The number of carbonyl (C=O) groups excluding carboxylic acids is 1. The normalized spacial score (nSPS) is 10.7. The van der Waals surface area contributed by atoms with E-state index in [1.54, 1.807) is 6.07 Å². The summed E-state index contributed by atoms with van der Waals surface area (Å²) in [4.78, 5) is 11.9. The highest BCUT2D eigenvalue weighted by Crippen LogP contribution is 2.07. The van der Waals surface area contributed by atoms with Crippen LogP contribution in [0.2, 0.25) is 0 Å². The fourth-order valence-corrected chi connectivity index (χ4v) is 1.81. The van der Waals surface area contributed by atoms with Crippen molar-refractivity contribution in [3.8, 4) is 0 Å². The average molecular weight is 284 g/mol. The van der Waals surface area contributed by atoms with Gasteiger partial charge in [0.2, 0.25) is 0 Å². The lowest BCUT2D eigenvalue weighted by atomic mass is 10.1. The van der Waals surface area contributed by atoms with E-state index in [-0.39, 0.29) is 12.0 Å². The Morgan fingerprint density at radius 3 is 2.84 bits per heavy atom. The minimum absolute atomic E-state index is 0.0447. The number of benzene rings is 1. The number of ether oxygens (including phenoxy) is 1. The van der Waals surface area contributed by atoms with Crippen LogP contribution in [0, 0.1) is 0 Å². The molecular weight excluding hydrogens is 262 g/mol. The van der Waals surface area contributed by atoms with Crippen molar-refractivity contribution in [3.05, 3.63) is 35.4 Å². The van der Waals surface area contributed by atoms with Crippen molar-refractivity contribution < 1.29 is 9.53 Å². The first-order valence-corrected chi connectivity index (χ1v) is 7.21. The molecule has 1 rings (SSSR count). The van der Waals surface area contributed by atoms with Crippen molar-refractivity contribution in [1.82, 2.24) is 5.32 Å². The van der Waals surface area contributed by atoms with Gasteiger partial charge in [-0.2, -0.15) is 0 Å². The molecule has 0 aliphatic rings. The minimum Gasteiger partial charge on any atom is -0.379 e. The third-order valence-electron chi connectivity index (χ3n) is 2.65. The van der Waals surface area contributed by atoms with Crippen LogP contribution in [0.25, 0.3) is 0 Å². The Morgan fingerprint density at radius 1 is 1.37 bits per heavy atom. The number of rotatable bonds is 8. The summed E-state index contributed by atoms with van der Waals surface area (Å²) >= 11 is 5.75. The fourth-order valence-electron chi connectivity index (χ4n) is 1.65. The SMILES string of the molecule is CC(C)OCCCCNC(=O)c1cccc(CCl)c1. The van der Waals surface area contributed by atoms with Crippen LogP contribution < -0.4 is 5.32 Å². The largest absolute Gasteiger partial charge is 0.379 e. The Labute approximate surface area is 120 Å². The molecule has 4 heteroatoms. The molecule has 0 saturated heterocycles. The number of amides is 1. The molecule has 0 aliphatic heterocycles. The van der Waals surface area contributed by atoms with Crippen molar-refractivity contribution in [2.75, 3.05) is 13.2 Å². The summed E-state index contributed by atoms with van der Waals surface area (Å²) in [5, 5.41) is 2.90. The predicted octanol–water partition coefficient (Wildman–Crippen LogP) is 3.36. The molecule has 0 bridgehead atoms. The van der Waals surface area contributed by atoms with E-state index in [4.69, 9.17) is 16.3 Å². The maximum Gasteiger partial charge on any atom is 0.251 e. The Morgan fingerprint density at radius 2 is 2.16 bits per heavy atom. The number of halogens is 1. The molecule has 0 radical (unpaired) electrons. The molecule has 3 nitrogen and oxygen atoms in total. The van der Waals surface area contributed by atoms with Crippen LogP contribution in [0.3, 0.4) is 0 Å². The van der Waals surface area contributed by atoms with Gasteiger partial charge in [-0.25, -0.2) is 0 Å². The van der Waals surface area contributed by atoms with Gasteiger partial charge in [0, 0.05) is 24.6 Å². The summed E-state index contributed by atoms with van der Waals surface area (Å²) in [6.07, 6.45) is 2.15. The standard InChI is InChI=1S/C15H22ClNO2/c1-12(2)19-9-4-3-8-17-15(18)14-7-5-6-13(10-14)11-16/h5-7,10,12H,3-4,8-9,11H2,1-2H3,(H,17,18). The molecular formula is C15H22ClNO2. The molecule has 0 saturated carbocycles. The van der Waals surface area contributed by atoms with E-state index in [9.17, 15) is 4.79 Å². The summed E-state index contributed by atoms with van der Waals surface area (Å²) in [7, 11) is 0. The average Bonchev–Trinajstić information content (AvgIpc) is 2.42. The zero-order valence-electron chi connectivity index (χ0n) is 11.6. The number of hydrogen-bond donors (Lipinski definition) is 1. The van der Waals surface area contributed by atoms with Crippen molar-refractivity contribution in [2.45, 2.75) is 38.7 Å². The molecule has 0 spiro atoms. The van der Waals surface area contributed by atoms with Gasteiger partial charge in [-0.05, 0) is 44.4 Å². The molecule has 0 unspecified atom stereocenters. The van der Waals surface area contributed by atoms with Crippen molar-refractivity contribution in [2.24, 2.45) is 0 Å². The molecule has 1 aromatic rings. The predicted molar refractivity (Wildman–Crippen MR) is 78.7 cm³/mol. The van der Waals surface area contributed by atoms with E-state index in [2.05, 4.69) is 5.32 Å². The summed E-state index contributed by atoms with van der Waals surface area (Å²) in [5.74, 6) is 0.380. The zero-order valence-corrected chi connectivity index (χ0v) is 12.4. The molecule has 106 valence electrons. The van der Waals surface area contributed by atoms with Gasteiger partial charge in [0.15, 0.2) is 0 Å². The Bertz CT molecular complexity index is 393. The van der Waals surface area contributed by atoms with Gasteiger partial charge >= 0.3 is 0 Å². The molecule has 1 aromatic carbocycles. The van der Waals surface area contributed by atoms with Crippen LogP contribution in [-0.2, 0) is 10.6 Å². The van der Waals surface area contributed by atoms with Crippen LogP contribution in [-0.4, -0.2) is 25.2 Å². The minimum atomic E-state index is -0.0447. The van der Waals surface area contributed by atoms with E-state index < -0.39 is 0 Å². The lowest BCUT2D eigenvalue weighted by Gasteiger charge is -2.08. The number of hydrogen-bond acceptors (Lipinski definition) is 2. The molecule has 0 fully saturated rings. The highest BCUT2D eigenvalue weighted by Gasteiger charge is 2.05. The molecule has 0 aromatic heterocycles. The lowest BCUT2D eigenvalue weighted by Crippen LogP contribution is -2.24. The monoisotopic (exact) mass is 283 g/mol. The van der Waals surface area contributed by atoms with E-state index in [1.807, 2.05) is 32.0 Å². The second-order valence-electron chi connectivity index (χ2n) is 4.72. The summed E-state index contributed by atoms with van der Waals surface area (Å²) < 4.78 is 5.44. The Hall–Kier alpha value is -1.06. The third-order valence-corrected chi connectivity index (χ3v) is 2.96. The molecule has 1 amide bonds. The number of unbranched alkanes of at least 4 members (excludes halogenated alkanes) is 1. The van der Waals surface area contributed by atoms with Gasteiger partial charge < -0.3 is 10.1 Å². The van der Waals surface area contributed by atoms with E-state index in [0.717, 1.165) is 25.0 Å². The smallest absolute Gasteiger partial charge is 0.251 e. The molecule has 19 heavy (non-hydrogen) atoms. The van der Waals surface area contributed by atoms with Crippen LogP contribution in [0.15, 0.2) is 24.3 Å². The molecule has 1 N–H and O–H groups in total. The van der Waals surface area contributed by atoms with E-state index in [1.165, 1.54) is 0 Å². The van der Waals surface area contributed by atoms with Gasteiger partial charge in [-0.15, -0.1) is 11.6 Å². The van der Waals surface area contributed by atoms with Gasteiger partial charge in [-0.3, -0.25) is 4.79 Å². The van der Waals surface area contributed by atoms with E-state index in [0.29, 0.717) is 18.0 Å². The topological polar surface area (TPSA) is 38.3 Å². The van der Waals surface area contributed by atoms with Gasteiger partial charge in [0.25, 0.3) is 5.91 Å². The summed E-state index contributed by atoms with van der Waals surface area (Å²) in [6.45, 7) is 5.46. The third kappa shape index (κ3) is 6.60. The van der Waals surface area contributed by atoms with Gasteiger partial charge in [0.1, 0.15) is 0 Å². The number of alkyl halides is 1. The van der Waals surface area contributed by atoms with Crippen LogP contribution in [0.4, 0.5) is 0 Å². The quantitative estimate of drug-likeness (QED) is 0.587. The van der Waals surface area contributed by atoms with E-state index >= 15 is 0 Å². The Balaban J connectivity index is 2.23. The second-order valence-corrected chi connectivity index (χ2v) is 4.98. The zero-order chi connectivity index (χ0) is 14.1. The molecule has 0 atom stereocenters. The van der Waals surface area contributed by atoms with Crippen molar-refractivity contribution >= 4 is 17.5 Å². The van der Waals surface area contributed by atoms with Gasteiger partial charge in [0.05, 0.1) is 6.10 Å². The van der Waals surface area contributed by atoms with Crippen LogP contribution >= 0.6 is 11.6 Å².